The molecule has 120 valence electrons. The molecule has 0 unspecified atom stereocenters. The number of fused-ring (bicyclic) bond motifs is 2. The Balaban J connectivity index is 1.56. The van der Waals surface area contributed by atoms with Crippen molar-refractivity contribution in [2.24, 2.45) is 0 Å². The highest BCUT2D eigenvalue weighted by Crippen LogP contribution is 2.47. The summed E-state index contributed by atoms with van der Waals surface area (Å²) in [5, 5.41) is 2.71. The summed E-state index contributed by atoms with van der Waals surface area (Å²) in [6, 6.07) is 3.69. The summed E-state index contributed by atoms with van der Waals surface area (Å²) in [5.41, 5.74) is 1.09. The number of anilines is 1. The van der Waals surface area contributed by atoms with Crippen LogP contribution in [0.1, 0.15) is 19.8 Å². The number of hydrogen-bond acceptors (Lipinski definition) is 4. The lowest BCUT2D eigenvalue weighted by Crippen LogP contribution is -2.48. The van der Waals surface area contributed by atoms with Crippen LogP contribution in [0.3, 0.4) is 0 Å². The molecule has 2 saturated heterocycles. The van der Waals surface area contributed by atoms with E-state index < -0.39 is 6.04 Å². The van der Waals surface area contributed by atoms with E-state index >= 15 is 0 Å². The molecule has 2 aliphatic heterocycles. The molecule has 0 spiro atoms. The summed E-state index contributed by atoms with van der Waals surface area (Å²) in [7, 11) is 0. The summed E-state index contributed by atoms with van der Waals surface area (Å²) in [6.45, 7) is 2.00. The van der Waals surface area contributed by atoms with Gasteiger partial charge < -0.3 is 9.88 Å². The highest BCUT2D eigenvalue weighted by molar-refractivity contribution is 8.01. The van der Waals surface area contributed by atoms with Crippen molar-refractivity contribution >= 4 is 40.6 Å². The molecule has 23 heavy (non-hydrogen) atoms. The smallest absolute Gasteiger partial charge is 0.250 e. The van der Waals surface area contributed by atoms with Gasteiger partial charge >= 0.3 is 0 Å². The van der Waals surface area contributed by atoms with Crippen LogP contribution in [-0.2, 0) is 9.59 Å². The van der Waals surface area contributed by atoms with E-state index in [2.05, 4.69) is 15.3 Å². The van der Waals surface area contributed by atoms with Gasteiger partial charge in [-0.1, -0.05) is 0 Å². The van der Waals surface area contributed by atoms with Crippen LogP contribution in [0.4, 0.5) is 10.3 Å². The summed E-state index contributed by atoms with van der Waals surface area (Å²) < 4.78 is 13.2. The molecule has 0 saturated carbocycles. The first-order chi connectivity index (χ1) is 11.0. The number of aromatic amines is 1. The molecule has 0 radical (unpaired) electrons. The lowest BCUT2D eigenvalue weighted by atomic mass is 10.2. The molecule has 0 aliphatic carbocycles. The number of nitrogens with one attached hydrogen (secondary N) is 2. The number of imidazole rings is 1. The molecule has 0 bridgehead atoms. The number of carbonyl (C=O) groups is 2. The Labute approximate surface area is 135 Å². The maximum Gasteiger partial charge on any atom is 0.250 e. The van der Waals surface area contributed by atoms with Gasteiger partial charge in [-0.15, -0.1) is 11.8 Å². The van der Waals surface area contributed by atoms with Gasteiger partial charge in [-0.05, 0) is 31.5 Å². The zero-order chi connectivity index (χ0) is 16.2. The molecular formula is C15H15FN4O2S. The second-order valence-electron chi connectivity index (χ2n) is 6.00. The molecule has 2 aromatic rings. The van der Waals surface area contributed by atoms with Crippen LogP contribution < -0.4 is 5.32 Å². The van der Waals surface area contributed by atoms with Crippen LogP contribution in [0.5, 0.6) is 0 Å². The first-order valence-electron chi connectivity index (χ1n) is 7.38. The van der Waals surface area contributed by atoms with E-state index in [1.807, 2.05) is 6.92 Å². The van der Waals surface area contributed by atoms with Gasteiger partial charge in [0.15, 0.2) is 0 Å². The molecule has 1 aromatic carbocycles. The van der Waals surface area contributed by atoms with Crippen molar-refractivity contribution in [2.75, 3.05) is 11.1 Å². The minimum atomic E-state index is -0.495. The number of hydrogen-bond donors (Lipinski definition) is 2. The van der Waals surface area contributed by atoms with Gasteiger partial charge in [-0.25, -0.2) is 9.37 Å². The Morgan fingerprint density at radius 2 is 2.39 bits per heavy atom. The number of nitrogens with zero attached hydrogens (tertiary/aromatic N) is 2. The topological polar surface area (TPSA) is 78.1 Å². The van der Waals surface area contributed by atoms with E-state index in [1.165, 1.54) is 12.1 Å². The minimum absolute atomic E-state index is 0.0179. The van der Waals surface area contributed by atoms with Crippen molar-refractivity contribution in [1.29, 1.82) is 0 Å². The standard InChI is InChI=1S/C15H15FN4O2S/c1-15-5-4-12(21)20(15)11(7-23-15)13(22)19-14-17-9-3-2-8(16)6-10(9)18-14/h2-3,6,11H,4-5,7H2,1H3,(H2,17,18,19,22)/t11-,15+/m1/s1. The molecule has 2 fully saturated rings. The zero-order valence-corrected chi connectivity index (χ0v) is 13.2. The van der Waals surface area contributed by atoms with Crippen molar-refractivity contribution in [3.63, 3.8) is 0 Å². The van der Waals surface area contributed by atoms with Gasteiger partial charge in [-0.2, -0.15) is 0 Å². The molecule has 1 aromatic heterocycles. The first kappa shape index (κ1) is 14.5. The molecule has 2 atom stereocenters. The highest BCUT2D eigenvalue weighted by Gasteiger charge is 2.52. The number of halogens is 1. The normalized spacial score (nSPS) is 26.8. The Hall–Kier alpha value is -2.09. The van der Waals surface area contributed by atoms with E-state index in [4.69, 9.17) is 0 Å². The molecular weight excluding hydrogens is 319 g/mol. The predicted octanol–water partition coefficient (Wildman–Crippen LogP) is 2.09. The van der Waals surface area contributed by atoms with Crippen molar-refractivity contribution in [3.8, 4) is 0 Å². The number of carbonyl (C=O) groups excluding carboxylic acids is 2. The number of amides is 2. The van der Waals surface area contributed by atoms with Crippen LogP contribution in [0.15, 0.2) is 18.2 Å². The van der Waals surface area contributed by atoms with Crippen molar-refractivity contribution < 1.29 is 14.0 Å². The van der Waals surface area contributed by atoms with Crippen molar-refractivity contribution in [3.05, 3.63) is 24.0 Å². The summed E-state index contributed by atoms with van der Waals surface area (Å²) in [5.74, 6) is 0.217. The predicted molar refractivity (Wildman–Crippen MR) is 85.4 cm³/mol. The van der Waals surface area contributed by atoms with E-state index in [1.54, 1.807) is 22.7 Å². The minimum Gasteiger partial charge on any atom is -0.324 e. The quantitative estimate of drug-likeness (QED) is 0.881. The fourth-order valence-electron chi connectivity index (χ4n) is 3.26. The fraction of sp³-hybridized carbons (Fsp3) is 0.400. The average molecular weight is 334 g/mol. The van der Waals surface area contributed by atoms with E-state index in [0.29, 0.717) is 23.2 Å². The van der Waals surface area contributed by atoms with Crippen LogP contribution in [0.25, 0.3) is 11.0 Å². The maximum atomic E-state index is 13.2. The number of H-pyrrole nitrogens is 1. The van der Waals surface area contributed by atoms with Gasteiger partial charge in [-0.3, -0.25) is 14.9 Å². The second-order valence-corrected chi connectivity index (χ2v) is 7.50. The second kappa shape index (κ2) is 4.95. The lowest BCUT2D eigenvalue weighted by molar-refractivity contribution is -0.135. The molecule has 6 nitrogen and oxygen atoms in total. The highest BCUT2D eigenvalue weighted by atomic mass is 32.2. The lowest BCUT2D eigenvalue weighted by Gasteiger charge is -2.29. The number of aromatic nitrogens is 2. The maximum absolute atomic E-state index is 13.2. The third-order valence-electron chi connectivity index (χ3n) is 4.43. The van der Waals surface area contributed by atoms with E-state index in [0.717, 1.165) is 6.42 Å². The van der Waals surface area contributed by atoms with Gasteiger partial charge in [0, 0.05) is 12.2 Å². The molecule has 2 N–H and O–H groups in total. The monoisotopic (exact) mass is 334 g/mol. The third kappa shape index (κ3) is 2.28. The Morgan fingerprint density at radius 1 is 1.57 bits per heavy atom. The zero-order valence-electron chi connectivity index (χ0n) is 12.4. The number of benzene rings is 1. The molecule has 2 amide bonds. The van der Waals surface area contributed by atoms with Gasteiger partial charge in [0.25, 0.3) is 0 Å². The summed E-state index contributed by atoms with van der Waals surface area (Å²) in [6.07, 6.45) is 1.25. The van der Waals surface area contributed by atoms with Crippen molar-refractivity contribution in [2.45, 2.75) is 30.7 Å². The van der Waals surface area contributed by atoms with E-state index in [9.17, 15) is 14.0 Å². The van der Waals surface area contributed by atoms with Crippen molar-refractivity contribution in [1.82, 2.24) is 14.9 Å². The first-order valence-corrected chi connectivity index (χ1v) is 8.37. The number of thioether (sulfide) groups is 1. The summed E-state index contributed by atoms with van der Waals surface area (Å²) >= 11 is 1.64. The Morgan fingerprint density at radius 3 is 3.22 bits per heavy atom. The van der Waals surface area contributed by atoms with E-state index in [-0.39, 0.29) is 28.5 Å². The van der Waals surface area contributed by atoms with Gasteiger partial charge in [0.1, 0.15) is 11.9 Å². The third-order valence-corrected chi connectivity index (χ3v) is 5.94. The largest absolute Gasteiger partial charge is 0.324 e. The van der Waals surface area contributed by atoms with Gasteiger partial charge in [0.05, 0.1) is 15.9 Å². The Kier molecular flexibility index (Phi) is 3.12. The van der Waals surface area contributed by atoms with Crippen LogP contribution in [0.2, 0.25) is 0 Å². The molecule has 3 heterocycles. The summed E-state index contributed by atoms with van der Waals surface area (Å²) in [4.78, 5) is 33.1. The average Bonchev–Trinajstić information content (AvgIpc) is 3.12. The van der Waals surface area contributed by atoms with Crippen LogP contribution in [-0.4, -0.2) is 43.3 Å². The SMILES string of the molecule is C[C@]12CCC(=O)N1[C@@H](C(=O)Nc1nc3ccc(F)cc3[nH]1)CS2. The van der Waals surface area contributed by atoms with Crippen LogP contribution in [0, 0.1) is 5.82 Å². The van der Waals surface area contributed by atoms with Gasteiger partial charge in [0.2, 0.25) is 17.8 Å². The number of rotatable bonds is 2. The molecule has 8 heteroatoms. The van der Waals surface area contributed by atoms with Crippen LogP contribution >= 0.6 is 11.8 Å². The molecule has 4 rings (SSSR count). The molecule has 2 aliphatic rings. The fourth-order valence-corrected chi connectivity index (χ4v) is 4.69. The Bertz CT molecular complexity index is 823.